The number of unbranched alkanes of at least 4 members (excludes halogenated alkanes) is 29. The second-order valence-corrected chi connectivity index (χ2v) is 19.3. The van der Waals surface area contributed by atoms with Crippen LogP contribution in [-0.4, -0.2) is 99.5 Å². The first-order valence-electron chi connectivity index (χ1n) is 26.2. The van der Waals surface area contributed by atoms with Gasteiger partial charge in [0.25, 0.3) is 0 Å². The van der Waals surface area contributed by atoms with Crippen molar-refractivity contribution in [3.05, 3.63) is 0 Å². The summed E-state index contributed by atoms with van der Waals surface area (Å²) >= 11 is 0. The van der Waals surface area contributed by atoms with E-state index >= 15 is 0 Å². The van der Waals surface area contributed by atoms with Crippen molar-refractivity contribution in [3.8, 4) is 0 Å². The van der Waals surface area contributed by atoms with Gasteiger partial charge >= 0.3 is 0 Å². The first-order valence-corrected chi connectivity index (χ1v) is 26.2. The summed E-state index contributed by atoms with van der Waals surface area (Å²) in [5.41, 5.74) is 0. The van der Waals surface area contributed by atoms with Crippen molar-refractivity contribution in [1.82, 2.24) is 10.6 Å². The van der Waals surface area contributed by atoms with Crippen molar-refractivity contribution in [1.29, 1.82) is 0 Å². The van der Waals surface area contributed by atoms with E-state index in [0.29, 0.717) is 12.8 Å². The molecule has 0 aromatic carbocycles. The molecule has 11 heteroatoms. The van der Waals surface area contributed by atoms with E-state index in [1.54, 1.807) is 0 Å². The van der Waals surface area contributed by atoms with E-state index in [2.05, 4.69) is 31.4 Å². The lowest BCUT2D eigenvalue weighted by Crippen LogP contribution is -2.65. The predicted molar refractivity (Wildman–Crippen MR) is 253 cm³/mol. The van der Waals surface area contributed by atoms with Gasteiger partial charge < -0.3 is 45.6 Å². The molecule has 1 aliphatic heterocycles. The molecule has 1 saturated heterocycles. The summed E-state index contributed by atoms with van der Waals surface area (Å²) in [6.07, 6.45) is 32.9. The van der Waals surface area contributed by atoms with Crippen molar-refractivity contribution in [2.45, 2.75) is 295 Å². The average Bonchev–Trinajstić information content (AvgIpc) is 3.24. The van der Waals surface area contributed by atoms with Gasteiger partial charge in [0.15, 0.2) is 6.29 Å². The van der Waals surface area contributed by atoms with Gasteiger partial charge in [-0.15, -0.1) is 0 Å². The lowest BCUT2D eigenvalue weighted by atomic mass is 9.96. The lowest BCUT2D eigenvalue weighted by molar-refractivity contribution is -0.272. The van der Waals surface area contributed by atoms with Crippen LogP contribution in [0.15, 0.2) is 0 Å². The van der Waals surface area contributed by atoms with E-state index in [1.807, 2.05) is 0 Å². The number of hydrogen-bond acceptors (Lipinski definition) is 9. The molecule has 2 amide bonds. The Hall–Kier alpha value is -1.34. The molecule has 1 aliphatic rings. The van der Waals surface area contributed by atoms with Crippen LogP contribution in [0.1, 0.15) is 246 Å². The number of hydrogen-bond donors (Lipinski definition) is 7. The normalized spacial score (nSPS) is 20.6. The molecule has 0 aromatic rings. The minimum atomic E-state index is -1.49. The van der Waals surface area contributed by atoms with Crippen molar-refractivity contribution in [2.75, 3.05) is 13.2 Å². The smallest absolute Gasteiger partial charge is 0.220 e. The molecule has 0 radical (unpaired) electrons. The summed E-state index contributed by atoms with van der Waals surface area (Å²) in [6, 6.07) is -2.15. The van der Waals surface area contributed by atoms with Crippen LogP contribution < -0.4 is 10.6 Å². The Morgan fingerprint density at radius 3 is 1.40 bits per heavy atom. The Balaban J connectivity index is 2.43. The van der Waals surface area contributed by atoms with E-state index in [4.69, 9.17) is 9.47 Å². The van der Waals surface area contributed by atoms with Gasteiger partial charge in [-0.3, -0.25) is 9.59 Å². The first kappa shape index (κ1) is 58.7. The Morgan fingerprint density at radius 2 is 1.00 bits per heavy atom. The van der Waals surface area contributed by atoms with Gasteiger partial charge in [-0.25, -0.2) is 0 Å². The van der Waals surface area contributed by atoms with Crippen LogP contribution in [0, 0.1) is 5.92 Å². The predicted octanol–water partition coefficient (Wildman–Crippen LogP) is 10.1. The van der Waals surface area contributed by atoms with Gasteiger partial charge in [-0.05, 0) is 18.8 Å². The molecule has 1 rings (SSSR count). The highest BCUT2D eigenvalue weighted by atomic mass is 16.7. The minimum Gasteiger partial charge on any atom is -0.394 e. The molecular weight excluding hydrogens is 785 g/mol. The molecule has 11 nitrogen and oxygen atoms in total. The van der Waals surface area contributed by atoms with Crippen molar-refractivity contribution < 1.29 is 44.6 Å². The first-order chi connectivity index (χ1) is 30.0. The number of carbonyl (C=O) groups is 2. The van der Waals surface area contributed by atoms with Crippen LogP contribution in [0.5, 0.6) is 0 Å². The van der Waals surface area contributed by atoms with E-state index in [-0.39, 0.29) is 18.9 Å². The van der Waals surface area contributed by atoms with Crippen molar-refractivity contribution >= 4 is 11.8 Å². The minimum absolute atomic E-state index is 0.255. The average molecular weight is 885 g/mol. The van der Waals surface area contributed by atoms with Crippen LogP contribution in [0.25, 0.3) is 0 Å². The molecule has 1 fully saturated rings. The van der Waals surface area contributed by atoms with Crippen LogP contribution in [0.2, 0.25) is 0 Å². The number of aliphatic hydroxyl groups is 5. The van der Waals surface area contributed by atoms with Gasteiger partial charge in [0, 0.05) is 13.3 Å². The fourth-order valence-corrected chi connectivity index (χ4v) is 8.79. The molecule has 368 valence electrons. The molecule has 8 atom stereocenters. The second kappa shape index (κ2) is 40.0. The third kappa shape index (κ3) is 30.7. The van der Waals surface area contributed by atoms with Gasteiger partial charge in [-0.1, -0.05) is 220 Å². The summed E-state index contributed by atoms with van der Waals surface area (Å²) in [5, 5.41) is 58.6. The monoisotopic (exact) mass is 885 g/mol. The van der Waals surface area contributed by atoms with E-state index in [1.165, 1.54) is 161 Å². The van der Waals surface area contributed by atoms with Gasteiger partial charge in [0.1, 0.15) is 30.5 Å². The van der Waals surface area contributed by atoms with Gasteiger partial charge in [-0.2, -0.15) is 0 Å². The Bertz CT molecular complexity index is 1040. The number of amides is 2. The zero-order valence-corrected chi connectivity index (χ0v) is 40.5. The molecule has 0 aliphatic carbocycles. The molecule has 1 heterocycles. The van der Waals surface area contributed by atoms with Gasteiger partial charge in [0.2, 0.25) is 11.8 Å². The molecule has 7 N–H and O–H groups in total. The maximum Gasteiger partial charge on any atom is 0.220 e. The molecule has 0 aromatic heterocycles. The number of ether oxygens (including phenoxy) is 2. The number of rotatable bonds is 43. The number of nitrogens with one attached hydrogen (secondary N) is 2. The summed E-state index contributed by atoms with van der Waals surface area (Å²) in [4.78, 5) is 25.1. The quantitative estimate of drug-likeness (QED) is 0.0294. The zero-order valence-electron chi connectivity index (χ0n) is 40.5. The number of aliphatic hydroxyl groups excluding tert-OH is 5. The van der Waals surface area contributed by atoms with E-state index < -0.39 is 61.4 Å². The second-order valence-electron chi connectivity index (χ2n) is 19.3. The summed E-state index contributed by atoms with van der Waals surface area (Å²) in [7, 11) is 0. The topological polar surface area (TPSA) is 178 Å². The Kier molecular flexibility index (Phi) is 37.8. The standard InChI is InChI=1S/C51H100N2O9/c1-5-6-7-8-9-10-11-12-13-14-15-16-17-18-19-20-21-26-29-32-35-38-46(57)53-43(40-61-51-47(52-42(4)55)50(60)49(59)45(39-54)62-51)48(58)44(56)37-34-31-28-25-23-22-24-27-30-33-36-41(2)3/h41,43-45,47-51,54,56,58-60H,5-40H2,1-4H3,(H,52,55)(H,53,57). The summed E-state index contributed by atoms with van der Waals surface area (Å²) < 4.78 is 11.7. The zero-order chi connectivity index (χ0) is 45.6. The van der Waals surface area contributed by atoms with Crippen molar-refractivity contribution in [3.63, 3.8) is 0 Å². The van der Waals surface area contributed by atoms with Crippen LogP contribution in [-0.2, 0) is 19.1 Å². The highest BCUT2D eigenvalue weighted by Gasteiger charge is 2.46. The van der Waals surface area contributed by atoms with Crippen LogP contribution in [0.3, 0.4) is 0 Å². The SMILES string of the molecule is CCCCCCCCCCCCCCCCCCCCCCCC(=O)NC(COC1OC(CO)C(O)C(O)C1NC(C)=O)C(O)C(O)CCCCCCCCCCCCC(C)C. The molecule has 0 saturated carbocycles. The maximum absolute atomic E-state index is 13.2. The highest BCUT2D eigenvalue weighted by molar-refractivity contribution is 5.76. The maximum atomic E-state index is 13.2. The molecule has 0 spiro atoms. The largest absolute Gasteiger partial charge is 0.394 e. The number of carbonyl (C=O) groups excluding carboxylic acids is 2. The molecular formula is C51H100N2O9. The van der Waals surface area contributed by atoms with Crippen molar-refractivity contribution in [2.24, 2.45) is 5.92 Å². The molecule has 0 bridgehead atoms. The third-order valence-electron chi connectivity index (χ3n) is 12.9. The van der Waals surface area contributed by atoms with E-state index in [0.717, 1.165) is 50.9 Å². The van der Waals surface area contributed by atoms with Crippen LogP contribution in [0.4, 0.5) is 0 Å². The van der Waals surface area contributed by atoms with E-state index in [9.17, 15) is 35.1 Å². The fraction of sp³-hybridized carbons (Fsp3) is 0.961. The summed E-state index contributed by atoms with van der Waals surface area (Å²) in [6.45, 7) is 7.21. The molecule has 62 heavy (non-hydrogen) atoms. The lowest BCUT2D eigenvalue weighted by Gasteiger charge is -2.42. The Labute approximate surface area is 380 Å². The Morgan fingerprint density at radius 1 is 0.597 bits per heavy atom. The highest BCUT2D eigenvalue weighted by Crippen LogP contribution is 2.24. The van der Waals surface area contributed by atoms with Crippen LogP contribution >= 0.6 is 0 Å². The van der Waals surface area contributed by atoms with Gasteiger partial charge in [0.05, 0.1) is 25.4 Å². The third-order valence-corrected chi connectivity index (χ3v) is 12.9. The fourth-order valence-electron chi connectivity index (χ4n) is 8.79. The summed E-state index contributed by atoms with van der Waals surface area (Å²) in [5.74, 6) is 0.0459. The molecule has 8 unspecified atom stereocenters.